The Morgan fingerprint density at radius 1 is 0.417 bits per heavy atom. The lowest BCUT2D eigenvalue weighted by molar-refractivity contribution is 0.467. The standard InChI is InChI=1S/C80H56N4/c1-50-49-55-19-7-10-23-65(55)75-70-45-30-56-20-13-14-48-80(56,2)79(70)84(76(50)75)62-41-35-59(36-42-62)81(57-31-37-60(38-32-57)82-71-46-28-51-15-3-8-21-63(51)73(71)68-43-26-53-17-5-11-24-66(53)77(68)82)58-33-39-61(40-34-58)83-72-47-29-52-16-4-9-22-64(52)74(72)69-44-27-54-18-6-12-25-67(54)78(69)83/h3-48,50,56H,49H2,1-2H3. The van der Waals surface area contributed by atoms with E-state index >= 15 is 0 Å². The average Bonchev–Trinajstić information content (AvgIpc) is 1.97. The molecule has 3 unspecified atom stereocenters. The molecule has 0 fully saturated rings. The van der Waals surface area contributed by atoms with Crippen LogP contribution in [0.2, 0.25) is 0 Å². The molecule has 84 heavy (non-hydrogen) atoms. The minimum absolute atomic E-state index is 0.218. The smallest absolute Gasteiger partial charge is 0.0619 e. The molecule has 12 aromatic carbocycles. The van der Waals surface area contributed by atoms with E-state index in [1.54, 1.807) is 0 Å². The van der Waals surface area contributed by atoms with Crippen LogP contribution >= 0.6 is 0 Å². The largest absolute Gasteiger partial charge is 0.315 e. The van der Waals surface area contributed by atoms with E-state index in [1.807, 2.05) is 0 Å². The molecule has 0 amide bonds. The van der Waals surface area contributed by atoms with E-state index in [4.69, 9.17) is 0 Å². The summed E-state index contributed by atoms with van der Waals surface area (Å²) in [7, 11) is 0. The van der Waals surface area contributed by atoms with Crippen molar-refractivity contribution in [2.45, 2.75) is 31.6 Å². The molecule has 3 atom stereocenters. The van der Waals surface area contributed by atoms with Crippen LogP contribution in [0.25, 0.3) is 121 Å². The Balaban J connectivity index is 0.828. The fourth-order valence-electron chi connectivity index (χ4n) is 15.5. The van der Waals surface area contributed by atoms with Gasteiger partial charge in [-0.25, -0.2) is 0 Å². The molecule has 4 nitrogen and oxygen atoms in total. The second kappa shape index (κ2) is 17.8. The molecule has 0 radical (unpaired) electrons. The molecule has 4 heteroatoms. The van der Waals surface area contributed by atoms with Crippen molar-refractivity contribution >= 4 is 110 Å². The summed E-state index contributed by atoms with van der Waals surface area (Å²) >= 11 is 0. The van der Waals surface area contributed by atoms with Crippen LogP contribution in [0.1, 0.15) is 42.3 Å². The Bertz CT molecular complexity index is 5130. The topological polar surface area (TPSA) is 18.0 Å². The quantitative estimate of drug-likeness (QED) is 0.162. The SMILES string of the molecule is CC1Cc2ccccc2-c2c3c(n(-c4ccc(N(c5ccc(-n6c7ccc8ccccc8c7c7ccc8ccccc8c76)cc5)c5ccc(-n6c7ccc8ccccc8c7c7ccc8ccccc8c76)cc5)cc4)c21)C1(C)C=CC=CC1C=C3. The van der Waals surface area contributed by atoms with Gasteiger partial charge in [0, 0.05) is 106 Å². The first-order valence-electron chi connectivity index (χ1n) is 29.7. The third kappa shape index (κ3) is 6.65. The molecular formula is C80H56N4. The summed E-state index contributed by atoms with van der Waals surface area (Å²) < 4.78 is 7.64. The monoisotopic (exact) mass is 1070 g/mol. The van der Waals surface area contributed by atoms with Crippen molar-refractivity contribution in [2.24, 2.45) is 5.92 Å². The van der Waals surface area contributed by atoms with Gasteiger partial charge in [0.05, 0.1) is 22.1 Å². The molecule has 396 valence electrons. The predicted octanol–water partition coefficient (Wildman–Crippen LogP) is 21.1. The minimum atomic E-state index is -0.218. The molecular weight excluding hydrogens is 1020 g/mol. The van der Waals surface area contributed by atoms with Gasteiger partial charge in [0.25, 0.3) is 0 Å². The molecule has 0 spiro atoms. The van der Waals surface area contributed by atoms with Crippen molar-refractivity contribution in [1.29, 1.82) is 0 Å². The van der Waals surface area contributed by atoms with E-state index in [2.05, 4.69) is 312 Å². The maximum absolute atomic E-state index is 2.65. The number of benzene rings is 12. The molecule has 3 aliphatic carbocycles. The third-order valence-corrected chi connectivity index (χ3v) is 19.3. The molecule has 0 bridgehead atoms. The lowest BCUT2D eigenvalue weighted by Gasteiger charge is -2.38. The summed E-state index contributed by atoms with van der Waals surface area (Å²) in [6, 6.07) is 90.8. The second-order valence-corrected chi connectivity index (χ2v) is 23.8. The van der Waals surface area contributed by atoms with Crippen LogP contribution in [0.5, 0.6) is 0 Å². The Labute approximate surface area is 487 Å². The third-order valence-electron chi connectivity index (χ3n) is 19.3. The highest BCUT2D eigenvalue weighted by molar-refractivity contribution is 6.27. The molecule has 18 rings (SSSR count). The van der Waals surface area contributed by atoms with Gasteiger partial charge in [0.2, 0.25) is 0 Å². The maximum atomic E-state index is 2.65. The van der Waals surface area contributed by atoms with Crippen molar-refractivity contribution in [3.05, 3.63) is 296 Å². The first-order chi connectivity index (χ1) is 41.5. The van der Waals surface area contributed by atoms with Crippen molar-refractivity contribution in [3.63, 3.8) is 0 Å². The summed E-state index contributed by atoms with van der Waals surface area (Å²) in [6.45, 7) is 4.87. The van der Waals surface area contributed by atoms with Crippen molar-refractivity contribution in [1.82, 2.24) is 13.7 Å². The Morgan fingerprint density at radius 2 is 0.869 bits per heavy atom. The van der Waals surface area contributed by atoms with Crippen molar-refractivity contribution < 1.29 is 0 Å². The Hall–Kier alpha value is -10.4. The summed E-state index contributed by atoms with van der Waals surface area (Å²) in [6.07, 6.45) is 15.1. The number of aromatic nitrogens is 3. The van der Waals surface area contributed by atoms with Gasteiger partial charge in [-0.2, -0.15) is 0 Å². The summed E-state index contributed by atoms with van der Waals surface area (Å²) in [5, 5.41) is 15.1. The van der Waals surface area contributed by atoms with Gasteiger partial charge < -0.3 is 18.6 Å². The zero-order chi connectivity index (χ0) is 55.4. The number of fused-ring (bicyclic) bond motifs is 21. The number of allylic oxidation sites excluding steroid dienone is 5. The molecule has 15 aromatic rings. The zero-order valence-corrected chi connectivity index (χ0v) is 46.7. The van der Waals surface area contributed by atoms with E-state index in [1.165, 1.54) is 126 Å². The molecule has 0 N–H and O–H groups in total. The number of hydrogen-bond donors (Lipinski definition) is 0. The van der Waals surface area contributed by atoms with Crippen LogP contribution in [-0.4, -0.2) is 13.7 Å². The molecule has 3 aliphatic rings. The normalized spacial score (nSPS) is 17.0. The van der Waals surface area contributed by atoms with E-state index in [9.17, 15) is 0 Å². The van der Waals surface area contributed by atoms with Crippen LogP contribution in [0.4, 0.5) is 17.1 Å². The van der Waals surface area contributed by atoms with Crippen LogP contribution in [0, 0.1) is 5.92 Å². The van der Waals surface area contributed by atoms with E-state index in [-0.39, 0.29) is 11.3 Å². The molecule has 3 heterocycles. The van der Waals surface area contributed by atoms with E-state index in [0.717, 1.165) is 34.9 Å². The number of nitrogens with zero attached hydrogens (tertiary/aromatic N) is 4. The predicted molar refractivity (Wildman–Crippen MR) is 355 cm³/mol. The number of hydrogen-bond acceptors (Lipinski definition) is 1. The fraction of sp³-hybridized carbons (Fsp3) is 0.0750. The lowest BCUT2D eigenvalue weighted by atomic mass is 9.67. The van der Waals surface area contributed by atoms with Crippen molar-refractivity contribution in [3.8, 4) is 28.2 Å². The van der Waals surface area contributed by atoms with Gasteiger partial charge in [-0.1, -0.05) is 201 Å². The highest BCUT2D eigenvalue weighted by Crippen LogP contribution is 2.54. The summed E-state index contributed by atoms with van der Waals surface area (Å²) in [5.41, 5.74) is 19.6. The summed E-state index contributed by atoms with van der Waals surface area (Å²) in [4.78, 5) is 2.44. The molecule has 0 aliphatic heterocycles. The second-order valence-electron chi connectivity index (χ2n) is 23.8. The van der Waals surface area contributed by atoms with E-state index in [0.29, 0.717) is 5.92 Å². The number of rotatable bonds is 6. The maximum Gasteiger partial charge on any atom is 0.0619 e. The Kier molecular flexibility index (Phi) is 10.0. The molecule has 3 aromatic heterocycles. The van der Waals surface area contributed by atoms with Crippen LogP contribution in [0.3, 0.4) is 0 Å². The van der Waals surface area contributed by atoms with Crippen molar-refractivity contribution in [2.75, 3.05) is 4.90 Å². The fourth-order valence-corrected chi connectivity index (χ4v) is 15.5. The zero-order valence-electron chi connectivity index (χ0n) is 46.7. The van der Waals surface area contributed by atoms with Gasteiger partial charge in [-0.3, -0.25) is 0 Å². The first kappa shape index (κ1) is 47.2. The van der Waals surface area contributed by atoms with Gasteiger partial charge in [-0.15, -0.1) is 0 Å². The first-order valence-corrected chi connectivity index (χ1v) is 29.7. The highest BCUT2D eigenvalue weighted by Gasteiger charge is 2.43. The van der Waals surface area contributed by atoms with E-state index < -0.39 is 0 Å². The van der Waals surface area contributed by atoms with Crippen LogP contribution < -0.4 is 4.90 Å². The molecule has 0 saturated carbocycles. The lowest BCUT2D eigenvalue weighted by Crippen LogP contribution is -2.34. The average molecular weight is 1070 g/mol. The minimum Gasteiger partial charge on any atom is -0.315 e. The van der Waals surface area contributed by atoms with Crippen LogP contribution in [0.15, 0.2) is 273 Å². The Morgan fingerprint density at radius 3 is 1.40 bits per heavy atom. The highest BCUT2D eigenvalue weighted by atomic mass is 15.1. The van der Waals surface area contributed by atoms with Crippen LogP contribution in [-0.2, 0) is 11.8 Å². The van der Waals surface area contributed by atoms with Gasteiger partial charge in [-0.05, 0) is 142 Å². The number of anilines is 3. The summed E-state index contributed by atoms with van der Waals surface area (Å²) in [5.74, 6) is 0.585. The van der Waals surface area contributed by atoms with Gasteiger partial charge >= 0.3 is 0 Å². The van der Waals surface area contributed by atoms with Gasteiger partial charge in [0.15, 0.2) is 0 Å². The van der Waals surface area contributed by atoms with Gasteiger partial charge in [0.1, 0.15) is 0 Å². The molecule has 0 saturated heterocycles.